The predicted octanol–water partition coefficient (Wildman–Crippen LogP) is 2.96. The molecule has 1 aromatic heterocycles. The Hall–Kier alpha value is -1.77. The van der Waals surface area contributed by atoms with Gasteiger partial charge in [-0.05, 0) is 56.0 Å². The Labute approximate surface area is 166 Å². The van der Waals surface area contributed by atoms with Gasteiger partial charge >= 0.3 is 0 Å². The molecule has 1 saturated carbocycles. The molecule has 0 bridgehead atoms. The second kappa shape index (κ2) is 9.65. The molecule has 2 N–H and O–H groups in total. The lowest BCUT2D eigenvalue weighted by molar-refractivity contribution is 0.414. The van der Waals surface area contributed by atoms with Gasteiger partial charge in [0.1, 0.15) is 5.75 Å². The van der Waals surface area contributed by atoms with E-state index < -0.39 is 0 Å². The molecule has 0 unspecified atom stereocenters. The molecule has 0 amide bonds. The first-order chi connectivity index (χ1) is 11.8. The summed E-state index contributed by atoms with van der Waals surface area (Å²) >= 11 is 0. The van der Waals surface area contributed by atoms with Gasteiger partial charge < -0.3 is 15.4 Å². The number of benzene rings is 1. The molecule has 3 rings (SSSR count). The molecule has 1 aliphatic rings. The van der Waals surface area contributed by atoms with Crippen molar-refractivity contribution in [3.63, 3.8) is 0 Å². The average molecular weight is 455 g/mol. The fourth-order valence-electron chi connectivity index (χ4n) is 2.39. The summed E-state index contributed by atoms with van der Waals surface area (Å²) < 4.78 is 7.04. The van der Waals surface area contributed by atoms with Crippen molar-refractivity contribution < 1.29 is 4.74 Å². The van der Waals surface area contributed by atoms with Crippen LogP contribution < -0.4 is 15.4 Å². The highest BCUT2D eigenvalue weighted by Crippen LogP contribution is 2.27. The number of aliphatic imine (C=N–C) groups is 1. The van der Waals surface area contributed by atoms with E-state index in [4.69, 9.17) is 4.74 Å². The van der Waals surface area contributed by atoms with Crippen LogP contribution in [0.5, 0.6) is 5.75 Å². The summed E-state index contributed by atoms with van der Waals surface area (Å²) in [6, 6.07) is 9.83. The fraction of sp³-hybridized carbons (Fsp3) is 0.444. The summed E-state index contributed by atoms with van der Waals surface area (Å²) in [5.41, 5.74) is 1.94. The van der Waals surface area contributed by atoms with Crippen LogP contribution in [0.25, 0.3) is 5.69 Å². The van der Waals surface area contributed by atoms with Crippen LogP contribution in [0.15, 0.2) is 41.5 Å². The van der Waals surface area contributed by atoms with Crippen molar-refractivity contribution in [1.82, 2.24) is 20.4 Å². The number of aromatic nitrogens is 2. The number of rotatable bonds is 7. The smallest absolute Gasteiger partial charge is 0.191 e. The van der Waals surface area contributed by atoms with Crippen LogP contribution in [0, 0.1) is 5.92 Å². The largest absolute Gasteiger partial charge is 0.497 e. The third-order valence-corrected chi connectivity index (χ3v) is 3.98. The van der Waals surface area contributed by atoms with Crippen LogP contribution in [0.3, 0.4) is 0 Å². The Bertz CT molecular complexity index is 679. The lowest BCUT2D eigenvalue weighted by Crippen LogP contribution is -2.38. The highest BCUT2D eigenvalue weighted by atomic mass is 127. The van der Waals surface area contributed by atoms with Gasteiger partial charge in [0, 0.05) is 19.3 Å². The summed E-state index contributed by atoms with van der Waals surface area (Å²) in [5.74, 6) is 2.53. The first kappa shape index (κ1) is 19.6. The molecule has 1 heterocycles. The molecule has 136 valence electrons. The summed E-state index contributed by atoms with van der Waals surface area (Å²) in [6.07, 6.45) is 4.62. The molecular formula is C18H26IN5O. The van der Waals surface area contributed by atoms with Crippen molar-refractivity contribution in [1.29, 1.82) is 0 Å². The van der Waals surface area contributed by atoms with Crippen molar-refractivity contribution in [3.8, 4) is 11.4 Å². The maximum Gasteiger partial charge on any atom is 0.191 e. The Morgan fingerprint density at radius 1 is 1.24 bits per heavy atom. The van der Waals surface area contributed by atoms with E-state index in [1.165, 1.54) is 12.8 Å². The molecule has 25 heavy (non-hydrogen) atoms. The Morgan fingerprint density at radius 2 is 2.00 bits per heavy atom. The Balaban J connectivity index is 0.00000225. The van der Waals surface area contributed by atoms with Crippen LogP contribution >= 0.6 is 24.0 Å². The van der Waals surface area contributed by atoms with Gasteiger partial charge in [-0.15, -0.1) is 24.0 Å². The summed E-state index contributed by atoms with van der Waals surface area (Å²) in [7, 11) is 1.66. The van der Waals surface area contributed by atoms with E-state index in [0.717, 1.165) is 42.1 Å². The first-order valence-electron chi connectivity index (χ1n) is 8.49. The van der Waals surface area contributed by atoms with E-state index in [1.807, 2.05) is 41.2 Å². The van der Waals surface area contributed by atoms with Crippen molar-refractivity contribution in [2.75, 3.05) is 20.2 Å². The van der Waals surface area contributed by atoms with E-state index >= 15 is 0 Å². The minimum Gasteiger partial charge on any atom is -0.497 e. The van der Waals surface area contributed by atoms with Crippen molar-refractivity contribution >= 4 is 29.9 Å². The number of nitrogens with zero attached hydrogens (tertiary/aromatic N) is 3. The zero-order valence-corrected chi connectivity index (χ0v) is 17.1. The number of halogens is 1. The third-order valence-electron chi connectivity index (χ3n) is 3.98. The molecule has 2 aromatic rings. The van der Waals surface area contributed by atoms with Gasteiger partial charge in [0.2, 0.25) is 0 Å². The first-order valence-corrected chi connectivity index (χ1v) is 8.49. The topological polar surface area (TPSA) is 63.5 Å². The second-order valence-electron chi connectivity index (χ2n) is 5.97. The number of guanidine groups is 1. The standard InChI is InChI=1S/C18H25N5O.HI/c1-3-19-18(20-12-14-4-5-14)21-13-15-10-11-23(22-15)16-6-8-17(24-2)9-7-16;/h6-11,14H,3-5,12-13H2,1-2H3,(H2,19,20,21);1H. The van der Waals surface area contributed by atoms with E-state index in [1.54, 1.807) is 7.11 Å². The maximum atomic E-state index is 5.18. The maximum absolute atomic E-state index is 5.18. The molecule has 0 saturated heterocycles. The van der Waals surface area contributed by atoms with E-state index in [9.17, 15) is 0 Å². The van der Waals surface area contributed by atoms with E-state index in [0.29, 0.717) is 6.54 Å². The number of hydrogen-bond acceptors (Lipinski definition) is 3. The van der Waals surface area contributed by atoms with Crippen molar-refractivity contribution in [2.45, 2.75) is 26.3 Å². The molecular weight excluding hydrogens is 429 g/mol. The highest BCUT2D eigenvalue weighted by Gasteiger charge is 2.21. The molecule has 1 fully saturated rings. The van der Waals surface area contributed by atoms with Gasteiger partial charge in [-0.3, -0.25) is 0 Å². The van der Waals surface area contributed by atoms with Crippen LogP contribution in [-0.2, 0) is 6.54 Å². The van der Waals surface area contributed by atoms with E-state index in [-0.39, 0.29) is 24.0 Å². The summed E-state index contributed by atoms with van der Waals surface area (Å²) in [5, 5.41) is 11.3. The quantitative estimate of drug-likeness (QED) is 0.383. The number of ether oxygens (including phenoxy) is 1. The number of hydrogen-bond donors (Lipinski definition) is 2. The van der Waals surface area contributed by atoms with Gasteiger partial charge in [-0.2, -0.15) is 5.10 Å². The highest BCUT2D eigenvalue weighted by molar-refractivity contribution is 14.0. The number of nitrogens with one attached hydrogen (secondary N) is 2. The molecule has 1 aromatic carbocycles. The molecule has 6 nitrogen and oxygen atoms in total. The molecule has 0 aliphatic heterocycles. The molecule has 7 heteroatoms. The fourth-order valence-corrected chi connectivity index (χ4v) is 2.39. The van der Waals surface area contributed by atoms with Crippen LogP contribution in [0.4, 0.5) is 0 Å². The van der Waals surface area contributed by atoms with Gasteiger partial charge in [-0.1, -0.05) is 0 Å². The number of methoxy groups -OCH3 is 1. The molecule has 1 aliphatic carbocycles. The van der Waals surface area contributed by atoms with Crippen molar-refractivity contribution in [3.05, 3.63) is 42.2 Å². The Kier molecular flexibility index (Phi) is 7.54. The predicted molar refractivity (Wildman–Crippen MR) is 111 cm³/mol. The summed E-state index contributed by atoms with van der Waals surface area (Å²) in [4.78, 5) is 4.62. The zero-order valence-electron chi connectivity index (χ0n) is 14.7. The van der Waals surface area contributed by atoms with Gasteiger partial charge in [0.25, 0.3) is 0 Å². The van der Waals surface area contributed by atoms with Crippen molar-refractivity contribution in [2.24, 2.45) is 10.9 Å². The SMILES string of the molecule is CCNC(=NCc1ccn(-c2ccc(OC)cc2)n1)NCC1CC1.I. The van der Waals surface area contributed by atoms with Crippen LogP contribution in [0.2, 0.25) is 0 Å². The molecule has 0 atom stereocenters. The average Bonchev–Trinajstić information content (AvgIpc) is 3.33. The van der Waals surface area contributed by atoms with Crippen LogP contribution in [-0.4, -0.2) is 35.9 Å². The molecule has 0 spiro atoms. The normalized spacial score (nSPS) is 13.9. The lowest BCUT2D eigenvalue weighted by Gasteiger charge is -2.10. The molecule has 0 radical (unpaired) electrons. The van der Waals surface area contributed by atoms with Gasteiger partial charge in [0.05, 0.1) is 25.0 Å². The lowest BCUT2D eigenvalue weighted by atomic mass is 10.3. The monoisotopic (exact) mass is 455 g/mol. The summed E-state index contributed by atoms with van der Waals surface area (Å²) in [6.45, 7) is 4.50. The Morgan fingerprint density at radius 3 is 2.64 bits per heavy atom. The van der Waals surface area contributed by atoms with Crippen LogP contribution in [0.1, 0.15) is 25.5 Å². The third kappa shape index (κ3) is 5.91. The van der Waals surface area contributed by atoms with E-state index in [2.05, 4.69) is 27.6 Å². The minimum absolute atomic E-state index is 0. The van der Waals surface area contributed by atoms with Gasteiger partial charge in [0.15, 0.2) is 5.96 Å². The zero-order chi connectivity index (χ0) is 16.8. The minimum atomic E-state index is 0. The van der Waals surface area contributed by atoms with Gasteiger partial charge in [-0.25, -0.2) is 9.67 Å². The second-order valence-corrected chi connectivity index (χ2v) is 5.97.